The van der Waals surface area contributed by atoms with E-state index < -0.39 is 0 Å². The van der Waals surface area contributed by atoms with Crippen LogP contribution in [-0.2, 0) is 9.59 Å². The van der Waals surface area contributed by atoms with Crippen molar-refractivity contribution in [2.75, 3.05) is 11.5 Å². The second-order valence-corrected chi connectivity index (χ2v) is 9.52. The fourth-order valence-electron chi connectivity index (χ4n) is 6.12. The van der Waals surface area contributed by atoms with Crippen molar-refractivity contribution >= 4 is 23.3 Å². The molecular formula is C29H25NO4. The minimum Gasteiger partial charge on any atom is -0.483 e. The molecule has 1 aliphatic heterocycles. The third-order valence-electron chi connectivity index (χ3n) is 7.71. The van der Waals surface area contributed by atoms with E-state index in [-0.39, 0.29) is 36.0 Å². The Hall–Kier alpha value is -3.73. The minimum atomic E-state index is -0.191. The largest absolute Gasteiger partial charge is 0.483 e. The number of hydrogen-bond donors (Lipinski definition) is 0. The van der Waals surface area contributed by atoms with Crippen LogP contribution in [0.15, 0.2) is 78.9 Å². The van der Waals surface area contributed by atoms with E-state index in [1.165, 1.54) is 4.90 Å². The van der Waals surface area contributed by atoms with Crippen molar-refractivity contribution in [3.05, 3.63) is 84.4 Å². The Morgan fingerprint density at radius 3 is 2.03 bits per heavy atom. The predicted molar refractivity (Wildman–Crippen MR) is 128 cm³/mol. The summed E-state index contributed by atoms with van der Waals surface area (Å²) in [6.45, 7) is -0.171. The monoisotopic (exact) mass is 451 g/mol. The maximum Gasteiger partial charge on any atom is 0.238 e. The van der Waals surface area contributed by atoms with Crippen molar-refractivity contribution < 1.29 is 19.1 Å². The Kier molecular flexibility index (Phi) is 5.05. The molecule has 0 N–H and O–H groups in total. The van der Waals surface area contributed by atoms with Crippen LogP contribution in [0.5, 0.6) is 5.75 Å². The highest BCUT2D eigenvalue weighted by molar-refractivity contribution is 6.23. The second-order valence-electron chi connectivity index (χ2n) is 9.52. The third kappa shape index (κ3) is 3.35. The molecule has 3 fully saturated rings. The molecule has 5 heteroatoms. The van der Waals surface area contributed by atoms with Gasteiger partial charge in [0, 0.05) is 5.56 Å². The maximum atomic E-state index is 13.2. The van der Waals surface area contributed by atoms with Crippen LogP contribution in [0.1, 0.15) is 29.6 Å². The summed E-state index contributed by atoms with van der Waals surface area (Å²) in [6, 6.07) is 24.4. The molecule has 3 aromatic rings. The number of para-hydroxylation sites is 2. The first kappa shape index (κ1) is 20.8. The molecular weight excluding hydrogens is 426 g/mol. The molecule has 2 amide bonds. The van der Waals surface area contributed by atoms with Gasteiger partial charge in [-0.2, -0.15) is 0 Å². The van der Waals surface area contributed by atoms with Crippen LogP contribution in [-0.4, -0.2) is 24.2 Å². The Labute approximate surface area is 198 Å². The molecule has 2 aliphatic carbocycles. The fourth-order valence-corrected chi connectivity index (χ4v) is 6.12. The number of anilines is 1. The van der Waals surface area contributed by atoms with Crippen LogP contribution in [0.4, 0.5) is 5.69 Å². The number of fused-ring (bicyclic) bond motifs is 5. The van der Waals surface area contributed by atoms with Crippen LogP contribution in [0.25, 0.3) is 11.1 Å². The molecule has 1 heterocycles. The highest BCUT2D eigenvalue weighted by atomic mass is 16.5. The Balaban J connectivity index is 1.18. The number of amides is 2. The van der Waals surface area contributed by atoms with Gasteiger partial charge in [0.1, 0.15) is 5.75 Å². The first-order chi connectivity index (χ1) is 16.6. The van der Waals surface area contributed by atoms with Crippen LogP contribution in [0, 0.1) is 23.7 Å². The zero-order valence-electron chi connectivity index (χ0n) is 18.7. The highest BCUT2D eigenvalue weighted by Gasteiger charge is 2.61. The van der Waals surface area contributed by atoms with Gasteiger partial charge in [0.15, 0.2) is 12.4 Å². The van der Waals surface area contributed by atoms with E-state index in [1.807, 2.05) is 42.5 Å². The predicted octanol–water partition coefficient (Wildman–Crippen LogP) is 5.15. The molecule has 3 aliphatic rings. The van der Waals surface area contributed by atoms with Gasteiger partial charge in [-0.3, -0.25) is 14.4 Å². The van der Waals surface area contributed by atoms with Gasteiger partial charge in [-0.1, -0.05) is 66.7 Å². The lowest BCUT2D eigenvalue weighted by Gasteiger charge is -2.20. The molecule has 0 aromatic heterocycles. The Morgan fingerprint density at radius 1 is 0.765 bits per heavy atom. The fraction of sp³-hybridized carbons (Fsp3) is 0.276. The number of ketones is 1. The number of rotatable bonds is 6. The molecule has 2 saturated carbocycles. The number of nitrogens with zero attached hydrogens (tertiary/aromatic N) is 1. The summed E-state index contributed by atoms with van der Waals surface area (Å²) < 4.78 is 5.87. The van der Waals surface area contributed by atoms with Crippen molar-refractivity contribution in [3.8, 4) is 16.9 Å². The topological polar surface area (TPSA) is 63.7 Å². The molecule has 1 saturated heterocycles. The highest BCUT2D eigenvalue weighted by Crippen LogP contribution is 2.57. The molecule has 4 atom stereocenters. The zero-order valence-corrected chi connectivity index (χ0v) is 18.7. The lowest BCUT2D eigenvalue weighted by atomic mass is 9.81. The normalized spacial score (nSPS) is 25.0. The number of carbonyl (C=O) groups excluding carboxylic acids is 3. The molecule has 3 aromatic carbocycles. The summed E-state index contributed by atoms with van der Waals surface area (Å²) >= 11 is 0. The first-order valence-electron chi connectivity index (χ1n) is 11.9. The van der Waals surface area contributed by atoms with Crippen LogP contribution >= 0.6 is 0 Å². The van der Waals surface area contributed by atoms with Crippen molar-refractivity contribution in [1.29, 1.82) is 0 Å². The van der Waals surface area contributed by atoms with Gasteiger partial charge in [-0.25, -0.2) is 4.90 Å². The summed E-state index contributed by atoms with van der Waals surface area (Å²) in [5.74, 6) is 0.263. The average molecular weight is 452 g/mol. The van der Waals surface area contributed by atoms with Crippen molar-refractivity contribution in [2.45, 2.75) is 19.3 Å². The molecule has 34 heavy (non-hydrogen) atoms. The summed E-state index contributed by atoms with van der Waals surface area (Å²) in [5, 5.41) is 0. The van der Waals surface area contributed by atoms with E-state index in [0.29, 0.717) is 28.8 Å². The first-order valence-corrected chi connectivity index (χ1v) is 11.9. The lowest BCUT2D eigenvalue weighted by molar-refractivity contribution is -0.123. The van der Waals surface area contributed by atoms with Crippen molar-refractivity contribution in [1.82, 2.24) is 0 Å². The molecule has 0 unspecified atom stereocenters. The molecule has 0 spiro atoms. The summed E-state index contributed by atoms with van der Waals surface area (Å²) in [5.41, 5.74) is 3.12. The van der Waals surface area contributed by atoms with Gasteiger partial charge >= 0.3 is 0 Å². The van der Waals surface area contributed by atoms with Gasteiger partial charge in [0.05, 0.1) is 17.5 Å². The summed E-state index contributed by atoms with van der Waals surface area (Å²) in [7, 11) is 0. The van der Waals surface area contributed by atoms with Crippen molar-refractivity contribution in [2.24, 2.45) is 23.7 Å². The number of benzene rings is 3. The smallest absolute Gasteiger partial charge is 0.238 e. The number of hydrogen-bond acceptors (Lipinski definition) is 4. The van der Waals surface area contributed by atoms with Gasteiger partial charge < -0.3 is 4.74 Å². The van der Waals surface area contributed by atoms with E-state index in [2.05, 4.69) is 0 Å². The molecule has 6 rings (SSSR count). The van der Waals surface area contributed by atoms with Gasteiger partial charge in [0.2, 0.25) is 11.8 Å². The molecule has 170 valence electrons. The van der Waals surface area contributed by atoms with Crippen LogP contribution in [0.3, 0.4) is 0 Å². The molecule has 5 nitrogen and oxygen atoms in total. The number of ether oxygens (including phenoxy) is 1. The van der Waals surface area contributed by atoms with E-state index in [4.69, 9.17) is 4.74 Å². The van der Waals surface area contributed by atoms with Crippen LogP contribution in [0.2, 0.25) is 0 Å². The molecule has 0 radical (unpaired) electrons. The summed E-state index contributed by atoms with van der Waals surface area (Å²) in [6.07, 6.45) is 3.07. The standard InChI is InChI=1S/C29H25NO4/c31-24(20-12-10-19(11-13-20)18-6-2-1-3-7-18)17-34-25-9-5-4-8-23(25)30-28(32)26-21-14-15-22(16-21)27(26)29(30)33/h1-13,21-22,26-27H,14-17H2/t21-,22-,26-,27+/m0/s1. The van der Waals surface area contributed by atoms with E-state index >= 15 is 0 Å². The zero-order chi connectivity index (χ0) is 23.2. The van der Waals surface area contributed by atoms with Gasteiger partial charge in [-0.05, 0) is 54.4 Å². The number of carbonyl (C=O) groups is 3. The second kappa shape index (κ2) is 8.24. The van der Waals surface area contributed by atoms with E-state index in [0.717, 1.165) is 30.4 Å². The molecule has 2 bridgehead atoms. The number of Topliss-reactive ketones (excluding diaryl/α,β-unsaturated/α-hetero) is 1. The van der Waals surface area contributed by atoms with Gasteiger partial charge in [-0.15, -0.1) is 0 Å². The van der Waals surface area contributed by atoms with Crippen molar-refractivity contribution in [3.63, 3.8) is 0 Å². The Morgan fingerprint density at radius 2 is 1.35 bits per heavy atom. The number of imide groups is 1. The quantitative estimate of drug-likeness (QED) is 0.384. The van der Waals surface area contributed by atoms with E-state index in [1.54, 1.807) is 36.4 Å². The van der Waals surface area contributed by atoms with Crippen LogP contribution < -0.4 is 9.64 Å². The lowest BCUT2D eigenvalue weighted by Crippen LogP contribution is -2.33. The average Bonchev–Trinajstić information content (AvgIpc) is 3.57. The third-order valence-corrected chi connectivity index (χ3v) is 7.71. The SMILES string of the molecule is O=C(COc1ccccc1N1C(=O)[C@@H]2[C@H]3CC[C@@H](C3)[C@@H]2C1=O)c1ccc(-c2ccccc2)cc1. The Bertz CT molecular complexity index is 1240. The minimum absolute atomic E-state index is 0.110. The van der Waals surface area contributed by atoms with E-state index in [9.17, 15) is 14.4 Å². The maximum absolute atomic E-state index is 13.2. The van der Waals surface area contributed by atoms with Gasteiger partial charge in [0.25, 0.3) is 0 Å². The summed E-state index contributed by atoms with van der Waals surface area (Å²) in [4.78, 5) is 40.6.